The van der Waals surface area contributed by atoms with E-state index >= 15 is 0 Å². The van der Waals surface area contributed by atoms with E-state index in [0.29, 0.717) is 16.6 Å². The van der Waals surface area contributed by atoms with Gasteiger partial charge in [-0.2, -0.15) is 4.99 Å². The molecule has 2 atom stereocenters. The van der Waals surface area contributed by atoms with Gasteiger partial charge in [0.2, 0.25) is 5.91 Å². The second-order valence-corrected chi connectivity index (χ2v) is 9.46. The number of amides is 1. The van der Waals surface area contributed by atoms with Crippen molar-refractivity contribution >= 4 is 50.0 Å². The fraction of sp³-hybridized carbons (Fsp3) is 0.467. The van der Waals surface area contributed by atoms with Crippen molar-refractivity contribution in [3.8, 4) is 0 Å². The fourth-order valence-corrected chi connectivity index (χ4v) is 6.98. The van der Waals surface area contributed by atoms with Crippen LogP contribution in [0.1, 0.15) is 18.9 Å². The van der Waals surface area contributed by atoms with Crippen molar-refractivity contribution < 1.29 is 13.2 Å². The predicted octanol–water partition coefficient (Wildman–Crippen LogP) is 2.66. The number of fused-ring (bicyclic) bond motifs is 1. The highest BCUT2D eigenvalue weighted by atomic mass is 35.5. The monoisotopic (exact) mass is 372 g/mol. The summed E-state index contributed by atoms with van der Waals surface area (Å²) < 4.78 is 24.0. The van der Waals surface area contributed by atoms with Crippen molar-refractivity contribution in [2.45, 2.75) is 31.6 Å². The lowest BCUT2D eigenvalue weighted by molar-refractivity contribution is -0.117. The van der Waals surface area contributed by atoms with Gasteiger partial charge >= 0.3 is 0 Å². The van der Waals surface area contributed by atoms with Crippen molar-refractivity contribution in [3.05, 3.63) is 28.8 Å². The maximum Gasteiger partial charge on any atom is 0.247 e. The average molecular weight is 373 g/mol. The molecular weight excluding hydrogens is 356 g/mol. The molecule has 1 aromatic carbocycles. The van der Waals surface area contributed by atoms with Gasteiger partial charge in [0.15, 0.2) is 15.0 Å². The van der Waals surface area contributed by atoms with Crippen LogP contribution in [0.2, 0.25) is 5.02 Å². The SMILES string of the molecule is CCC(=O)N=C1S[C@H]2CS(=O)(=O)C[C@H]2N1c1cccc(Cl)c1C. The number of carbonyl (C=O) groups excluding carboxylic acids is 1. The van der Waals surface area contributed by atoms with Crippen LogP contribution < -0.4 is 4.90 Å². The molecule has 2 fully saturated rings. The van der Waals surface area contributed by atoms with Gasteiger partial charge in [-0.25, -0.2) is 8.42 Å². The van der Waals surface area contributed by atoms with E-state index in [1.54, 1.807) is 13.0 Å². The molecule has 1 amide bonds. The molecule has 0 bridgehead atoms. The molecule has 0 aromatic heterocycles. The zero-order chi connectivity index (χ0) is 16.8. The van der Waals surface area contributed by atoms with E-state index < -0.39 is 9.84 Å². The maximum atomic E-state index is 12.0. The summed E-state index contributed by atoms with van der Waals surface area (Å²) >= 11 is 7.59. The molecule has 23 heavy (non-hydrogen) atoms. The Balaban J connectivity index is 2.09. The summed E-state index contributed by atoms with van der Waals surface area (Å²) in [6.07, 6.45) is 0.320. The predicted molar refractivity (Wildman–Crippen MR) is 95.2 cm³/mol. The van der Waals surface area contributed by atoms with Gasteiger partial charge in [-0.15, -0.1) is 0 Å². The van der Waals surface area contributed by atoms with Crippen LogP contribution in [0.25, 0.3) is 0 Å². The second-order valence-electron chi connectivity index (χ2n) is 5.70. The van der Waals surface area contributed by atoms with E-state index in [1.165, 1.54) is 11.8 Å². The molecule has 8 heteroatoms. The van der Waals surface area contributed by atoms with E-state index in [0.717, 1.165) is 11.3 Å². The number of thioether (sulfide) groups is 1. The molecule has 3 rings (SSSR count). The van der Waals surface area contributed by atoms with Gasteiger partial charge in [-0.3, -0.25) is 4.79 Å². The van der Waals surface area contributed by atoms with Crippen LogP contribution in [-0.2, 0) is 14.6 Å². The van der Waals surface area contributed by atoms with E-state index in [-0.39, 0.29) is 28.7 Å². The number of aliphatic imine (C=N–C) groups is 1. The van der Waals surface area contributed by atoms with Crippen molar-refractivity contribution in [1.82, 2.24) is 0 Å². The van der Waals surface area contributed by atoms with Crippen molar-refractivity contribution in [2.75, 3.05) is 16.4 Å². The highest BCUT2D eigenvalue weighted by molar-refractivity contribution is 8.16. The van der Waals surface area contributed by atoms with Crippen LogP contribution in [0, 0.1) is 6.92 Å². The van der Waals surface area contributed by atoms with Gasteiger partial charge in [0.25, 0.3) is 0 Å². The molecule has 0 spiro atoms. The summed E-state index contributed by atoms with van der Waals surface area (Å²) in [7, 11) is -3.06. The molecule has 5 nitrogen and oxygen atoms in total. The Hall–Kier alpha value is -1.05. The Bertz CT molecular complexity index is 792. The Labute approximate surface area is 145 Å². The lowest BCUT2D eigenvalue weighted by atomic mass is 10.1. The number of anilines is 1. The van der Waals surface area contributed by atoms with Gasteiger partial charge in [-0.1, -0.05) is 36.4 Å². The van der Waals surface area contributed by atoms with E-state index in [4.69, 9.17) is 11.6 Å². The number of rotatable bonds is 2. The number of amidine groups is 1. The maximum absolute atomic E-state index is 12.0. The largest absolute Gasteiger partial charge is 0.315 e. The van der Waals surface area contributed by atoms with Crippen LogP contribution in [0.15, 0.2) is 23.2 Å². The normalized spacial score (nSPS) is 27.4. The first-order valence-corrected chi connectivity index (χ1v) is 10.4. The van der Waals surface area contributed by atoms with Gasteiger partial charge < -0.3 is 4.90 Å². The first-order valence-electron chi connectivity index (χ1n) is 7.35. The summed E-state index contributed by atoms with van der Waals surface area (Å²) in [4.78, 5) is 17.8. The second kappa shape index (κ2) is 6.11. The topological polar surface area (TPSA) is 66.8 Å². The number of sulfone groups is 1. The number of halogens is 1. The Morgan fingerprint density at radius 2 is 2.17 bits per heavy atom. The number of hydrogen-bond acceptors (Lipinski definition) is 4. The Morgan fingerprint density at radius 3 is 2.87 bits per heavy atom. The first kappa shape index (κ1) is 16.8. The quantitative estimate of drug-likeness (QED) is 0.798. The lowest BCUT2D eigenvalue weighted by Crippen LogP contribution is -2.38. The summed E-state index contributed by atoms with van der Waals surface area (Å²) in [5.74, 6) is -0.00620. The summed E-state index contributed by atoms with van der Waals surface area (Å²) in [5.41, 5.74) is 1.67. The highest BCUT2D eigenvalue weighted by Crippen LogP contribution is 2.42. The van der Waals surface area contributed by atoms with E-state index in [9.17, 15) is 13.2 Å². The lowest BCUT2D eigenvalue weighted by Gasteiger charge is -2.26. The molecule has 2 aliphatic heterocycles. The van der Waals surface area contributed by atoms with Gasteiger partial charge in [0, 0.05) is 22.4 Å². The van der Waals surface area contributed by atoms with Crippen LogP contribution in [0.3, 0.4) is 0 Å². The Kier molecular flexibility index (Phi) is 4.46. The summed E-state index contributed by atoms with van der Waals surface area (Å²) in [6.45, 7) is 3.64. The fourth-order valence-electron chi connectivity index (χ4n) is 2.89. The minimum atomic E-state index is -3.06. The van der Waals surface area contributed by atoms with Gasteiger partial charge in [-0.05, 0) is 24.6 Å². The molecule has 1 aromatic rings. The third kappa shape index (κ3) is 3.14. The van der Waals surface area contributed by atoms with Gasteiger partial charge in [0.1, 0.15) is 0 Å². The molecular formula is C15H17ClN2O3S2. The zero-order valence-corrected chi connectivity index (χ0v) is 15.2. The third-order valence-electron chi connectivity index (χ3n) is 4.09. The molecule has 124 valence electrons. The van der Waals surface area contributed by atoms with Crippen LogP contribution in [0.5, 0.6) is 0 Å². The van der Waals surface area contributed by atoms with Crippen LogP contribution in [-0.4, -0.2) is 42.3 Å². The van der Waals surface area contributed by atoms with Gasteiger partial charge in [0.05, 0.1) is 17.5 Å². The minimum Gasteiger partial charge on any atom is -0.315 e. The molecule has 0 saturated carbocycles. The number of hydrogen-bond donors (Lipinski definition) is 0. The van der Waals surface area contributed by atoms with Crippen LogP contribution >= 0.6 is 23.4 Å². The van der Waals surface area contributed by atoms with E-state index in [2.05, 4.69) is 4.99 Å². The minimum absolute atomic E-state index is 0.0793. The number of carbonyl (C=O) groups is 1. The molecule has 0 aliphatic carbocycles. The Morgan fingerprint density at radius 1 is 1.43 bits per heavy atom. The van der Waals surface area contributed by atoms with Crippen molar-refractivity contribution in [2.24, 2.45) is 4.99 Å². The molecule has 0 radical (unpaired) electrons. The van der Waals surface area contributed by atoms with E-state index in [1.807, 2.05) is 24.0 Å². The molecule has 0 N–H and O–H groups in total. The summed E-state index contributed by atoms with van der Waals surface area (Å²) in [5, 5.41) is 1.09. The van der Waals surface area contributed by atoms with Crippen LogP contribution in [0.4, 0.5) is 5.69 Å². The molecule has 2 heterocycles. The van der Waals surface area contributed by atoms with Crippen molar-refractivity contribution in [1.29, 1.82) is 0 Å². The number of nitrogens with zero attached hydrogens (tertiary/aromatic N) is 2. The van der Waals surface area contributed by atoms with Crippen molar-refractivity contribution in [3.63, 3.8) is 0 Å². The zero-order valence-electron chi connectivity index (χ0n) is 12.8. The summed E-state index contributed by atoms with van der Waals surface area (Å²) in [6, 6.07) is 5.30. The number of benzene rings is 1. The molecule has 0 unspecified atom stereocenters. The smallest absolute Gasteiger partial charge is 0.247 e. The molecule has 2 aliphatic rings. The average Bonchev–Trinajstić information content (AvgIpc) is 2.93. The molecule has 2 saturated heterocycles. The third-order valence-corrected chi connectivity index (χ3v) is 7.71. The standard InChI is InChI=1S/C15H17ClN2O3S2/c1-3-14(19)17-15-18(11-6-4-5-10(16)9(11)2)12-7-23(20,21)8-13(12)22-15/h4-6,12-13H,3,7-8H2,1-2H3/t12-,13+/m1/s1. The first-order chi connectivity index (χ1) is 10.8. The highest BCUT2D eigenvalue weighted by Gasteiger charge is 2.49.